The highest BCUT2D eigenvalue weighted by Gasteiger charge is 2.48. The standard InChI is InChI=1S/C29H34FN3O5/c1-19-17-20(9-14-23(19)31-28-32-24-7-3-4-8-25(24)37-28)18-26(34)29(30,33-15-5-6-16-33)38-22-12-10-21(11-13-22)27(35)36-2/h3-4,7-9,14,17,21-22H,5-6,10-13,15-16,18H2,1-2H3,(H,31,32)/t21-,22-,29?. The predicted octanol–water partition coefficient (Wildman–Crippen LogP) is 5.46. The van der Waals surface area contributed by atoms with Crippen LogP contribution in [0.15, 0.2) is 46.9 Å². The molecule has 1 aliphatic heterocycles. The van der Waals surface area contributed by atoms with Gasteiger partial charge in [-0.1, -0.05) is 24.3 Å². The van der Waals surface area contributed by atoms with Crippen molar-refractivity contribution in [3.05, 3.63) is 53.6 Å². The number of para-hydroxylation sites is 2. The minimum Gasteiger partial charge on any atom is -0.469 e. The second-order valence-corrected chi connectivity index (χ2v) is 10.2. The highest BCUT2D eigenvalue weighted by Crippen LogP contribution is 2.35. The number of anilines is 2. The summed E-state index contributed by atoms with van der Waals surface area (Å²) < 4.78 is 33.0. The van der Waals surface area contributed by atoms with Crippen LogP contribution < -0.4 is 5.32 Å². The van der Waals surface area contributed by atoms with Crippen molar-refractivity contribution in [2.75, 3.05) is 25.5 Å². The third kappa shape index (κ3) is 5.59. The minimum atomic E-state index is -2.48. The molecule has 1 aromatic heterocycles. The second kappa shape index (κ2) is 11.2. The number of esters is 1. The number of carbonyl (C=O) groups is 2. The van der Waals surface area contributed by atoms with E-state index in [2.05, 4.69) is 10.3 Å². The van der Waals surface area contributed by atoms with Gasteiger partial charge in [0.15, 0.2) is 5.58 Å². The molecule has 9 heteroatoms. The van der Waals surface area contributed by atoms with Crippen molar-refractivity contribution < 1.29 is 27.9 Å². The van der Waals surface area contributed by atoms with Crippen molar-refractivity contribution in [1.82, 2.24) is 9.88 Å². The molecule has 2 heterocycles. The largest absolute Gasteiger partial charge is 0.469 e. The van der Waals surface area contributed by atoms with Gasteiger partial charge in [0.2, 0.25) is 5.78 Å². The number of nitrogens with zero attached hydrogens (tertiary/aromatic N) is 2. The van der Waals surface area contributed by atoms with Gasteiger partial charge in [-0.25, -0.2) is 4.90 Å². The van der Waals surface area contributed by atoms with Crippen molar-refractivity contribution in [1.29, 1.82) is 0 Å². The maximum absolute atomic E-state index is 16.5. The fourth-order valence-electron chi connectivity index (χ4n) is 5.44. The number of ketones is 1. The van der Waals surface area contributed by atoms with Crippen molar-refractivity contribution in [2.24, 2.45) is 5.92 Å². The summed E-state index contributed by atoms with van der Waals surface area (Å²) in [4.78, 5) is 31.3. The molecule has 1 unspecified atom stereocenters. The van der Waals surface area contributed by atoms with E-state index in [0.29, 0.717) is 55.9 Å². The molecular formula is C29H34FN3O5. The fourth-order valence-corrected chi connectivity index (χ4v) is 5.44. The van der Waals surface area contributed by atoms with Gasteiger partial charge in [-0.05, 0) is 74.8 Å². The van der Waals surface area contributed by atoms with Crippen LogP contribution in [0.2, 0.25) is 0 Å². The van der Waals surface area contributed by atoms with Gasteiger partial charge in [0, 0.05) is 25.2 Å². The van der Waals surface area contributed by atoms with Crippen molar-refractivity contribution in [3.8, 4) is 0 Å². The summed E-state index contributed by atoms with van der Waals surface area (Å²) in [6.45, 7) is 2.87. The Labute approximate surface area is 221 Å². The average molecular weight is 524 g/mol. The fraction of sp³-hybridized carbons (Fsp3) is 0.483. The van der Waals surface area contributed by atoms with Crippen LogP contribution >= 0.6 is 0 Å². The van der Waals surface area contributed by atoms with Gasteiger partial charge in [0.25, 0.3) is 6.01 Å². The molecule has 1 saturated carbocycles. The molecule has 8 nitrogen and oxygen atoms in total. The molecule has 1 aliphatic carbocycles. The van der Waals surface area contributed by atoms with Gasteiger partial charge < -0.3 is 19.2 Å². The van der Waals surface area contributed by atoms with Gasteiger partial charge in [-0.2, -0.15) is 9.37 Å². The molecule has 0 bridgehead atoms. The topological polar surface area (TPSA) is 93.9 Å². The Morgan fingerprint density at radius 1 is 1.13 bits per heavy atom. The van der Waals surface area contributed by atoms with Gasteiger partial charge in [0.1, 0.15) is 5.52 Å². The van der Waals surface area contributed by atoms with Crippen molar-refractivity contribution in [2.45, 2.75) is 64.0 Å². The monoisotopic (exact) mass is 523 g/mol. The number of fused-ring (bicyclic) bond motifs is 1. The number of aromatic nitrogens is 1. The van der Waals surface area contributed by atoms with E-state index in [1.54, 1.807) is 0 Å². The summed E-state index contributed by atoms with van der Waals surface area (Å²) in [5.41, 5.74) is 3.82. The normalized spacial score (nSPS) is 21.8. The number of carbonyl (C=O) groups excluding carboxylic acids is 2. The highest BCUT2D eigenvalue weighted by atomic mass is 19.2. The smallest absolute Gasteiger partial charge is 0.330 e. The lowest BCUT2D eigenvalue weighted by Crippen LogP contribution is -2.54. The molecule has 0 radical (unpaired) electrons. The quantitative estimate of drug-likeness (QED) is 0.292. The first-order valence-electron chi connectivity index (χ1n) is 13.3. The maximum Gasteiger partial charge on any atom is 0.330 e. The molecule has 38 heavy (non-hydrogen) atoms. The Bertz CT molecular complexity index is 1260. The van der Waals surface area contributed by atoms with Gasteiger partial charge in [-0.3, -0.25) is 9.59 Å². The van der Waals surface area contributed by atoms with E-state index < -0.39 is 17.9 Å². The molecule has 0 spiro atoms. The number of Topliss-reactive ketones (excluding diaryl/α,β-unsaturated/α-hetero) is 1. The number of likely N-dealkylation sites (tertiary alicyclic amines) is 1. The third-order valence-corrected chi connectivity index (χ3v) is 7.58. The number of methoxy groups -OCH3 is 1. The number of halogens is 1. The zero-order valence-corrected chi connectivity index (χ0v) is 21.9. The van der Waals surface area contributed by atoms with Gasteiger partial charge in [0.05, 0.1) is 19.1 Å². The summed E-state index contributed by atoms with van der Waals surface area (Å²) in [5.74, 6) is -3.52. The summed E-state index contributed by atoms with van der Waals surface area (Å²) in [7, 11) is 1.38. The summed E-state index contributed by atoms with van der Waals surface area (Å²) in [6.07, 6.45) is 3.30. The van der Waals surface area contributed by atoms with Crippen LogP contribution in [0, 0.1) is 12.8 Å². The third-order valence-electron chi connectivity index (χ3n) is 7.58. The van der Waals surface area contributed by atoms with Crippen LogP contribution in [-0.2, 0) is 25.5 Å². The van der Waals surface area contributed by atoms with E-state index in [-0.39, 0.29) is 18.3 Å². The SMILES string of the molecule is COC(=O)[C@H]1CC[C@H](OC(F)(C(=O)Cc2ccc(Nc3nc4ccccc4o3)c(C)c2)N2CCCC2)CC1. The number of benzene rings is 2. The van der Waals surface area contributed by atoms with E-state index in [0.717, 1.165) is 29.6 Å². The van der Waals surface area contributed by atoms with Crippen LogP contribution in [0.3, 0.4) is 0 Å². The highest BCUT2D eigenvalue weighted by molar-refractivity contribution is 5.87. The number of ether oxygens (including phenoxy) is 2. The molecule has 202 valence electrons. The zero-order chi connectivity index (χ0) is 26.7. The molecule has 2 fully saturated rings. The number of alkyl halides is 1. The molecule has 2 aromatic carbocycles. The Balaban J connectivity index is 1.27. The van der Waals surface area contributed by atoms with E-state index in [9.17, 15) is 9.59 Å². The van der Waals surface area contributed by atoms with Crippen LogP contribution in [0.1, 0.15) is 49.7 Å². The molecule has 2 aliphatic rings. The molecular weight excluding hydrogens is 489 g/mol. The first-order valence-corrected chi connectivity index (χ1v) is 13.3. The maximum atomic E-state index is 16.5. The number of rotatable bonds is 9. The molecule has 1 saturated heterocycles. The van der Waals surface area contributed by atoms with Gasteiger partial charge in [-0.15, -0.1) is 0 Å². The van der Waals surface area contributed by atoms with Crippen LogP contribution in [0.25, 0.3) is 11.1 Å². The first-order chi connectivity index (χ1) is 18.4. The number of nitrogens with one attached hydrogen (secondary N) is 1. The lowest BCUT2D eigenvalue weighted by molar-refractivity contribution is -0.252. The molecule has 1 atom stereocenters. The lowest BCUT2D eigenvalue weighted by Gasteiger charge is -2.37. The summed E-state index contributed by atoms with van der Waals surface area (Å²) >= 11 is 0. The molecule has 1 N–H and O–H groups in total. The Kier molecular flexibility index (Phi) is 7.76. The van der Waals surface area contributed by atoms with Crippen molar-refractivity contribution in [3.63, 3.8) is 0 Å². The van der Waals surface area contributed by atoms with E-state index >= 15 is 4.39 Å². The lowest BCUT2D eigenvalue weighted by atomic mass is 9.87. The number of oxazole rings is 1. The Morgan fingerprint density at radius 2 is 1.87 bits per heavy atom. The number of hydrogen-bond acceptors (Lipinski definition) is 8. The van der Waals surface area contributed by atoms with Gasteiger partial charge >= 0.3 is 11.9 Å². The molecule has 0 amide bonds. The van der Waals surface area contributed by atoms with E-state index in [4.69, 9.17) is 13.9 Å². The van der Waals surface area contributed by atoms with E-state index in [1.165, 1.54) is 12.0 Å². The average Bonchev–Trinajstić information content (AvgIpc) is 3.60. The summed E-state index contributed by atoms with van der Waals surface area (Å²) in [6, 6.07) is 13.4. The van der Waals surface area contributed by atoms with Crippen LogP contribution in [0.4, 0.5) is 16.1 Å². The first kappa shape index (κ1) is 26.3. The Hall–Kier alpha value is -3.30. The number of aryl methyl sites for hydroxylation is 1. The molecule has 3 aromatic rings. The predicted molar refractivity (Wildman–Crippen MR) is 141 cm³/mol. The van der Waals surface area contributed by atoms with Crippen molar-refractivity contribution >= 4 is 34.6 Å². The summed E-state index contributed by atoms with van der Waals surface area (Å²) in [5, 5.41) is 3.18. The second-order valence-electron chi connectivity index (χ2n) is 10.2. The molecule has 5 rings (SSSR count). The minimum absolute atomic E-state index is 0.0888. The zero-order valence-electron chi connectivity index (χ0n) is 21.9. The van der Waals surface area contributed by atoms with Crippen LogP contribution in [0.5, 0.6) is 0 Å². The Morgan fingerprint density at radius 3 is 2.55 bits per heavy atom. The number of hydrogen-bond donors (Lipinski definition) is 1. The van der Waals surface area contributed by atoms with E-state index in [1.807, 2.05) is 49.4 Å². The van der Waals surface area contributed by atoms with Crippen LogP contribution in [-0.4, -0.2) is 53.9 Å².